The number of benzene rings is 7. The summed E-state index contributed by atoms with van der Waals surface area (Å²) in [6.45, 7) is 0. The normalized spacial score (nSPS) is 10.5. The van der Waals surface area contributed by atoms with Gasteiger partial charge in [0.2, 0.25) is 0 Å². The van der Waals surface area contributed by atoms with Crippen molar-refractivity contribution in [1.82, 2.24) is 0 Å². The van der Waals surface area contributed by atoms with Crippen molar-refractivity contribution in [3.8, 4) is 69.0 Å². The van der Waals surface area contributed by atoms with Gasteiger partial charge in [-0.2, -0.15) is 0 Å². The van der Waals surface area contributed by atoms with E-state index in [4.69, 9.17) is 28.4 Å². The minimum absolute atomic E-state index is 0.590. The van der Waals surface area contributed by atoms with Gasteiger partial charge in [-0.05, 0) is 84.9 Å². The molecule has 0 aliphatic heterocycles. The Morgan fingerprint density at radius 2 is 0.417 bits per heavy atom. The zero-order valence-electron chi connectivity index (χ0n) is 25.8. The van der Waals surface area contributed by atoms with E-state index in [1.807, 2.05) is 182 Å². The maximum Gasteiger partial charge on any atom is 0.169 e. The summed E-state index contributed by atoms with van der Waals surface area (Å²) in [6, 6.07) is 56.6. The summed E-state index contributed by atoms with van der Waals surface area (Å²) in [5.74, 6) is 7.51. The first-order valence-electron chi connectivity index (χ1n) is 15.4. The summed E-state index contributed by atoms with van der Waals surface area (Å²) in [6.07, 6.45) is 0. The van der Waals surface area contributed by atoms with Crippen molar-refractivity contribution >= 4 is 0 Å². The molecular weight excluding hydrogens is 600 g/mol. The van der Waals surface area contributed by atoms with Crippen molar-refractivity contribution in [3.05, 3.63) is 182 Å². The van der Waals surface area contributed by atoms with Crippen LogP contribution in [0, 0.1) is 0 Å². The zero-order chi connectivity index (χ0) is 32.4. The molecule has 0 spiro atoms. The molecule has 0 saturated carbocycles. The van der Waals surface area contributed by atoms with Crippen LogP contribution in [0.15, 0.2) is 182 Å². The van der Waals surface area contributed by atoms with Gasteiger partial charge in [0, 0.05) is 18.2 Å². The minimum atomic E-state index is 0.590. The molecule has 0 aliphatic rings. The smallest absolute Gasteiger partial charge is 0.169 e. The Morgan fingerprint density at radius 1 is 0.188 bits per heavy atom. The number of para-hydroxylation sites is 6. The lowest BCUT2D eigenvalue weighted by Crippen LogP contribution is -1.92. The molecule has 0 atom stereocenters. The molecule has 0 aromatic heterocycles. The molecule has 0 fully saturated rings. The second-order valence-electron chi connectivity index (χ2n) is 10.6. The van der Waals surface area contributed by atoms with Crippen LogP contribution in [0.3, 0.4) is 0 Å². The van der Waals surface area contributed by atoms with Crippen molar-refractivity contribution in [3.63, 3.8) is 0 Å². The minimum Gasteiger partial charge on any atom is -0.457 e. The fourth-order valence-electron chi connectivity index (χ4n) is 4.80. The van der Waals surface area contributed by atoms with Gasteiger partial charge in [-0.3, -0.25) is 0 Å². The lowest BCUT2D eigenvalue weighted by Gasteiger charge is -2.14. The molecule has 0 unspecified atom stereocenters. The second-order valence-corrected chi connectivity index (χ2v) is 10.6. The molecule has 0 bridgehead atoms. The van der Waals surface area contributed by atoms with Crippen LogP contribution in [0.4, 0.5) is 0 Å². The van der Waals surface area contributed by atoms with Crippen molar-refractivity contribution in [1.29, 1.82) is 0 Å². The Morgan fingerprint density at radius 3 is 0.729 bits per heavy atom. The average Bonchev–Trinajstić information content (AvgIpc) is 3.11. The highest BCUT2D eigenvalue weighted by molar-refractivity contribution is 5.49. The summed E-state index contributed by atoms with van der Waals surface area (Å²) in [4.78, 5) is 0. The first-order valence-corrected chi connectivity index (χ1v) is 15.4. The molecule has 0 heterocycles. The summed E-state index contributed by atoms with van der Waals surface area (Å²) in [5, 5.41) is 0. The van der Waals surface area contributed by atoms with E-state index in [1.54, 1.807) is 0 Å². The van der Waals surface area contributed by atoms with Crippen molar-refractivity contribution in [2.75, 3.05) is 0 Å². The van der Waals surface area contributed by atoms with E-state index in [0.29, 0.717) is 57.5 Å². The monoisotopic (exact) mass is 630 g/mol. The first-order chi connectivity index (χ1) is 23.7. The highest BCUT2D eigenvalue weighted by Gasteiger charge is 2.11. The Kier molecular flexibility index (Phi) is 9.15. The van der Waals surface area contributed by atoms with Crippen LogP contribution in [0.5, 0.6) is 69.0 Å². The maximum atomic E-state index is 6.20. The van der Waals surface area contributed by atoms with Gasteiger partial charge in [0.25, 0.3) is 0 Å². The first kappa shape index (κ1) is 30.0. The molecule has 234 valence electrons. The molecular formula is C42H30O6. The third kappa shape index (κ3) is 7.94. The van der Waals surface area contributed by atoms with Crippen LogP contribution in [0.1, 0.15) is 0 Å². The van der Waals surface area contributed by atoms with Crippen molar-refractivity contribution in [2.45, 2.75) is 0 Å². The largest absolute Gasteiger partial charge is 0.457 e. The summed E-state index contributed by atoms with van der Waals surface area (Å²) < 4.78 is 36.9. The van der Waals surface area contributed by atoms with Crippen molar-refractivity contribution < 1.29 is 28.4 Å². The van der Waals surface area contributed by atoms with Crippen LogP contribution < -0.4 is 28.4 Å². The van der Waals surface area contributed by atoms with E-state index < -0.39 is 0 Å². The van der Waals surface area contributed by atoms with Crippen LogP contribution in [0.2, 0.25) is 0 Å². The molecule has 6 heteroatoms. The second kappa shape index (κ2) is 14.6. The predicted octanol–water partition coefficient (Wildman–Crippen LogP) is 12.4. The number of rotatable bonds is 12. The number of hydrogen-bond acceptors (Lipinski definition) is 6. The zero-order valence-corrected chi connectivity index (χ0v) is 25.8. The summed E-state index contributed by atoms with van der Waals surface area (Å²) in [5.41, 5.74) is 0. The molecule has 48 heavy (non-hydrogen) atoms. The molecule has 0 radical (unpaired) electrons. The van der Waals surface area contributed by atoms with Crippen molar-refractivity contribution in [2.24, 2.45) is 0 Å². The highest BCUT2D eigenvalue weighted by atomic mass is 16.5. The van der Waals surface area contributed by atoms with Gasteiger partial charge in [0.15, 0.2) is 23.0 Å². The quantitative estimate of drug-likeness (QED) is 0.134. The lowest BCUT2D eigenvalue weighted by atomic mass is 10.3. The summed E-state index contributed by atoms with van der Waals surface area (Å²) >= 11 is 0. The molecule has 6 nitrogen and oxygen atoms in total. The Labute approximate surface area is 278 Å². The van der Waals surface area contributed by atoms with Crippen LogP contribution >= 0.6 is 0 Å². The van der Waals surface area contributed by atoms with Gasteiger partial charge in [-0.15, -0.1) is 0 Å². The maximum absolute atomic E-state index is 6.20. The van der Waals surface area contributed by atoms with Gasteiger partial charge < -0.3 is 28.4 Å². The van der Waals surface area contributed by atoms with Gasteiger partial charge in [0.05, 0.1) is 0 Å². The Hall–Kier alpha value is -6.66. The Bertz CT molecular complexity index is 1950. The van der Waals surface area contributed by atoms with Gasteiger partial charge >= 0.3 is 0 Å². The molecule has 7 rings (SSSR count). The highest BCUT2D eigenvalue weighted by Crippen LogP contribution is 2.38. The number of ether oxygens (including phenoxy) is 6. The fraction of sp³-hybridized carbons (Fsp3) is 0. The van der Waals surface area contributed by atoms with Gasteiger partial charge in [0.1, 0.15) is 46.0 Å². The standard InChI is InChI=1S/C42H30O6/c1-3-14-31(15-4-1)45-39-24-7-9-26-41(39)47-37-22-12-20-35(29-37)43-33-18-11-19-34(28-33)44-36-21-13-23-38(30-36)48-42-27-10-8-25-40(42)46-32-16-5-2-6-17-32/h1-30H. The van der Waals surface area contributed by atoms with Gasteiger partial charge in [-0.1, -0.05) is 78.9 Å². The van der Waals surface area contributed by atoms with Crippen LogP contribution in [0.25, 0.3) is 0 Å². The SMILES string of the molecule is c1ccc(Oc2ccccc2Oc2cccc(Oc3cccc(Oc4cccc(Oc5ccccc5Oc5ccccc5)c4)c3)c2)cc1. The Balaban J connectivity index is 1.01. The van der Waals surface area contributed by atoms with E-state index in [-0.39, 0.29) is 0 Å². The fourth-order valence-corrected chi connectivity index (χ4v) is 4.80. The molecule has 0 aliphatic carbocycles. The molecule has 0 saturated heterocycles. The lowest BCUT2D eigenvalue weighted by molar-refractivity contribution is 0.414. The summed E-state index contributed by atoms with van der Waals surface area (Å²) in [7, 11) is 0. The van der Waals surface area contributed by atoms with Gasteiger partial charge in [-0.25, -0.2) is 0 Å². The van der Waals surface area contributed by atoms with E-state index in [9.17, 15) is 0 Å². The van der Waals surface area contributed by atoms with E-state index >= 15 is 0 Å². The molecule has 0 amide bonds. The van der Waals surface area contributed by atoms with E-state index in [1.165, 1.54) is 0 Å². The van der Waals surface area contributed by atoms with Crippen LogP contribution in [-0.4, -0.2) is 0 Å². The van der Waals surface area contributed by atoms with E-state index in [2.05, 4.69) is 0 Å². The molecule has 0 N–H and O–H groups in total. The topological polar surface area (TPSA) is 55.4 Å². The van der Waals surface area contributed by atoms with E-state index in [0.717, 1.165) is 11.5 Å². The van der Waals surface area contributed by atoms with Crippen LogP contribution in [-0.2, 0) is 0 Å². The predicted molar refractivity (Wildman–Crippen MR) is 186 cm³/mol. The average molecular weight is 631 g/mol. The molecule has 7 aromatic carbocycles. The third-order valence-corrected chi connectivity index (χ3v) is 6.98. The third-order valence-electron chi connectivity index (χ3n) is 6.98. The number of hydrogen-bond donors (Lipinski definition) is 0. The molecule has 7 aromatic rings.